The highest BCUT2D eigenvalue weighted by Gasteiger charge is 2.63. The van der Waals surface area contributed by atoms with Gasteiger partial charge in [0.1, 0.15) is 11.4 Å². The molecule has 1 aliphatic carbocycles. The molecule has 0 radical (unpaired) electrons. The van der Waals surface area contributed by atoms with Gasteiger partial charge < -0.3 is 11.1 Å². The van der Waals surface area contributed by atoms with Crippen molar-refractivity contribution >= 4 is 17.3 Å². The van der Waals surface area contributed by atoms with E-state index in [0.717, 1.165) is 12.1 Å². The van der Waals surface area contributed by atoms with Crippen LogP contribution >= 0.6 is 0 Å². The van der Waals surface area contributed by atoms with Gasteiger partial charge in [0.15, 0.2) is 0 Å². The summed E-state index contributed by atoms with van der Waals surface area (Å²) in [5.41, 5.74) is 2.89. The highest BCUT2D eigenvalue weighted by Crippen LogP contribution is 2.51. The van der Waals surface area contributed by atoms with Crippen LogP contribution in [0.5, 0.6) is 0 Å². The van der Waals surface area contributed by atoms with Crippen molar-refractivity contribution in [2.75, 3.05) is 11.1 Å². The molecule has 2 rings (SSSR count). The van der Waals surface area contributed by atoms with E-state index in [1.165, 1.54) is 0 Å². The summed E-state index contributed by atoms with van der Waals surface area (Å²) in [6, 6.07) is 2.14. The highest BCUT2D eigenvalue weighted by molar-refractivity contribution is 5.58. The van der Waals surface area contributed by atoms with E-state index in [9.17, 15) is 23.3 Å². The van der Waals surface area contributed by atoms with Crippen LogP contribution in [0.3, 0.4) is 0 Å². The molecule has 98 valence electrons. The molecule has 1 heterocycles. The largest absolute Gasteiger partial charge is 0.411 e. The van der Waals surface area contributed by atoms with Crippen LogP contribution in [0.1, 0.15) is 12.8 Å². The third-order valence-electron chi connectivity index (χ3n) is 2.76. The van der Waals surface area contributed by atoms with Crippen molar-refractivity contribution in [3.63, 3.8) is 0 Å². The first-order valence-electron chi connectivity index (χ1n) is 5.01. The van der Waals surface area contributed by atoms with Gasteiger partial charge in [-0.2, -0.15) is 13.2 Å². The average Bonchev–Trinajstić information content (AvgIpc) is 2.97. The minimum atomic E-state index is -4.38. The maximum absolute atomic E-state index is 12.7. The lowest BCUT2D eigenvalue weighted by Crippen LogP contribution is -2.38. The number of nitrogen functional groups attached to an aromatic ring is 1. The van der Waals surface area contributed by atoms with Gasteiger partial charge in [0.05, 0.1) is 4.92 Å². The molecule has 1 aromatic heterocycles. The zero-order chi connectivity index (χ0) is 13.6. The molecular weight excluding hydrogens is 253 g/mol. The Balaban J connectivity index is 2.22. The Hall–Kier alpha value is -2.06. The number of rotatable bonds is 3. The van der Waals surface area contributed by atoms with E-state index >= 15 is 0 Å². The first-order valence-corrected chi connectivity index (χ1v) is 5.01. The zero-order valence-electron chi connectivity index (χ0n) is 8.99. The molecule has 0 saturated heterocycles. The Kier molecular flexibility index (Phi) is 2.56. The molecule has 6 nitrogen and oxygen atoms in total. The van der Waals surface area contributed by atoms with Crippen LogP contribution in [0, 0.1) is 10.1 Å². The monoisotopic (exact) mass is 262 g/mol. The van der Waals surface area contributed by atoms with Crippen LogP contribution in [0.15, 0.2) is 12.1 Å². The minimum absolute atomic E-state index is 0.0466. The molecular formula is C9H9F3N4O2. The van der Waals surface area contributed by atoms with Gasteiger partial charge in [0.25, 0.3) is 0 Å². The normalized spacial score (nSPS) is 17.3. The van der Waals surface area contributed by atoms with Crippen LogP contribution in [0.4, 0.5) is 30.5 Å². The van der Waals surface area contributed by atoms with E-state index in [4.69, 9.17) is 5.73 Å². The molecule has 9 heteroatoms. The van der Waals surface area contributed by atoms with E-state index in [-0.39, 0.29) is 18.7 Å². The van der Waals surface area contributed by atoms with Crippen LogP contribution in [0.25, 0.3) is 0 Å². The van der Waals surface area contributed by atoms with Crippen molar-refractivity contribution in [1.29, 1.82) is 0 Å². The van der Waals surface area contributed by atoms with Gasteiger partial charge in [-0.3, -0.25) is 10.1 Å². The molecule has 0 aliphatic heterocycles. The Labute approximate surface area is 99.1 Å². The van der Waals surface area contributed by atoms with Gasteiger partial charge in [0, 0.05) is 6.07 Å². The van der Waals surface area contributed by atoms with Crippen molar-refractivity contribution in [1.82, 2.24) is 4.98 Å². The molecule has 1 aromatic rings. The van der Waals surface area contributed by atoms with E-state index in [2.05, 4.69) is 10.3 Å². The van der Waals surface area contributed by atoms with Gasteiger partial charge in [-0.05, 0) is 18.9 Å². The number of hydrogen-bond acceptors (Lipinski definition) is 5. The Morgan fingerprint density at radius 2 is 2.06 bits per heavy atom. The van der Waals surface area contributed by atoms with Crippen LogP contribution in [-0.4, -0.2) is 21.6 Å². The summed E-state index contributed by atoms with van der Waals surface area (Å²) in [5, 5.41) is 12.7. The van der Waals surface area contributed by atoms with Gasteiger partial charge in [-0.25, -0.2) is 4.98 Å². The van der Waals surface area contributed by atoms with Crippen molar-refractivity contribution in [3.05, 3.63) is 22.2 Å². The highest BCUT2D eigenvalue weighted by atomic mass is 19.4. The summed E-state index contributed by atoms with van der Waals surface area (Å²) >= 11 is 0. The van der Waals surface area contributed by atoms with E-state index in [1.54, 1.807) is 0 Å². The molecule has 18 heavy (non-hydrogen) atoms. The van der Waals surface area contributed by atoms with Crippen LogP contribution < -0.4 is 11.1 Å². The predicted octanol–water partition coefficient (Wildman–Crippen LogP) is 2.08. The second-order valence-electron chi connectivity index (χ2n) is 4.06. The average molecular weight is 262 g/mol. The maximum Gasteiger partial charge on any atom is 0.411 e. The fourth-order valence-corrected chi connectivity index (χ4v) is 1.54. The lowest BCUT2D eigenvalue weighted by molar-refractivity contribution is -0.384. The standard InChI is InChI=1S/C9H9F3N4O2/c10-9(11,12)8(3-4-8)15-6-2-1-5(16(17)18)7(13)14-6/h1-2H,3-4H2,(H3,13,14,15). The lowest BCUT2D eigenvalue weighted by atomic mass is 10.2. The first-order chi connectivity index (χ1) is 8.25. The van der Waals surface area contributed by atoms with Crippen molar-refractivity contribution in [2.45, 2.75) is 24.6 Å². The van der Waals surface area contributed by atoms with Crippen molar-refractivity contribution in [3.8, 4) is 0 Å². The zero-order valence-corrected chi connectivity index (χ0v) is 8.99. The second-order valence-corrected chi connectivity index (χ2v) is 4.06. The van der Waals surface area contributed by atoms with Gasteiger partial charge >= 0.3 is 11.9 Å². The number of halogens is 3. The van der Waals surface area contributed by atoms with Crippen molar-refractivity contribution < 1.29 is 18.1 Å². The smallest absolute Gasteiger partial charge is 0.378 e. The van der Waals surface area contributed by atoms with E-state index in [1.807, 2.05) is 0 Å². The molecule has 1 fully saturated rings. The van der Waals surface area contributed by atoms with Gasteiger partial charge in [0.2, 0.25) is 5.82 Å². The summed E-state index contributed by atoms with van der Waals surface area (Å²) < 4.78 is 38.0. The van der Waals surface area contributed by atoms with Crippen LogP contribution in [-0.2, 0) is 0 Å². The SMILES string of the molecule is Nc1nc(NC2(C(F)(F)F)CC2)ccc1[N+](=O)[O-]. The molecule has 0 spiro atoms. The fraction of sp³-hybridized carbons (Fsp3) is 0.444. The van der Waals surface area contributed by atoms with Crippen LogP contribution in [0.2, 0.25) is 0 Å². The molecule has 3 N–H and O–H groups in total. The number of nitrogens with two attached hydrogens (primary N) is 1. The predicted molar refractivity (Wildman–Crippen MR) is 56.9 cm³/mol. The first kappa shape index (κ1) is 12.4. The number of pyridine rings is 1. The number of nitrogens with zero attached hydrogens (tertiary/aromatic N) is 2. The number of hydrogen-bond donors (Lipinski definition) is 2. The van der Waals surface area contributed by atoms with E-state index in [0.29, 0.717) is 0 Å². The summed E-state index contributed by atoms with van der Waals surface area (Å²) in [6.45, 7) is 0. The Morgan fingerprint density at radius 3 is 2.44 bits per heavy atom. The minimum Gasteiger partial charge on any atom is -0.378 e. The fourth-order valence-electron chi connectivity index (χ4n) is 1.54. The summed E-state index contributed by atoms with van der Waals surface area (Å²) in [4.78, 5) is 13.3. The number of anilines is 2. The summed E-state index contributed by atoms with van der Waals surface area (Å²) in [6.07, 6.45) is -4.48. The van der Waals surface area contributed by atoms with E-state index < -0.39 is 28.1 Å². The van der Waals surface area contributed by atoms with Gasteiger partial charge in [-0.15, -0.1) is 0 Å². The number of alkyl halides is 3. The van der Waals surface area contributed by atoms with Gasteiger partial charge in [-0.1, -0.05) is 0 Å². The number of aromatic nitrogens is 1. The lowest BCUT2D eigenvalue weighted by Gasteiger charge is -2.21. The Bertz CT molecular complexity index is 499. The Morgan fingerprint density at radius 1 is 1.44 bits per heavy atom. The summed E-state index contributed by atoms with van der Waals surface area (Å²) in [7, 11) is 0. The topological polar surface area (TPSA) is 94.1 Å². The quantitative estimate of drug-likeness (QED) is 0.642. The molecule has 0 bridgehead atoms. The maximum atomic E-state index is 12.7. The summed E-state index contributed by atoms with van der Waals surface area (Å²) in [5.74, 6) is -0.532. The molecule has 0 amide bonds. The molecule has 0 unspecified atom stereocenters. The number of nitrogens with one attached hydrogen (secondary N) is 1. The molecule has 0 atom stereocenters. The third-order valence-corrected chi connectivity index (χ3v) is 2.76. The molecule has 0 aromatic carbocycles. The second kappa shape index (κ2) is 3.72. The third kappa shape index (κ3) is 2.03. The van der Waals surface area contributed by atoms with Crippen molar-refractivity contribution in [2.24, 2.45) is 0 Å². The number of nitro groups is 1. The molecule has 1 saturated carbocycles. The molecule has 1 aliphatic rings.